The number of hydrogen-bond acceptors (Lipinski definition) is 6. The van der Waals surface area contributed by atoms with Gasteiger partial charge < -0.3 is 14.6 Å². The summed E-state index contributed by atoms with van der Waals surface area (Å²) in [5, 5.41) is 6.71. The molecule has 2 rings (SSSR count). The molecule has 2 unspecified atom stereocenters. The fourth-order valence-electron chi connectivity index (χ4n) is 2.24. The Hall–Kier alpha value is -1.47. The lowest BCUT2D eigenvalue weighted by molar-refractivity contribution is -0.125. The van der Waals surface area contributed by atoms with E-state index in [1.165, 1.54) is 7.11 Å². The molecule has 2 heterocycles. The zero-order chi connectivity index (χ0) is 13.1. The molecule has 0 aliphatic carbocycles. The minimum absolute atomic E-state index is 0.0686. The molecule has 7 heteroatoms. The van der Waals surface area contributed by atoms with Crippen molar-refractivity contribution in [1.29, 1.82) is 0 Å². The number of methoxy groups -OCH3 is 1. The number of carbonyl (C=O) groups is 1. The van der Waals surface area contributed by atoms with Crippen molar-refractivity contribution < 1.29 is 14.1 Å². The van der Waals surface area contributed by atoms with Crippen LogP contribution >= 0.6 is 0 Å². The molecule has 1 aromatic rings. The zero-order valence-electron chi connectivity index (χ0n) is 10.8. The van der Waals surface area contributed by atoms with Gasteiger partial charge in [0.2, 0.25) is 11.8 Å². The summed E-state index contributed by atoms with van der Waals surface area (Å²) in [6.45, 7) is 2.64. The van der Waals surface area contributed by atoms with Gasteiger partial charge in [0.1, 0.15) is 6.61 Å². The Morgan fingerprint density at radius 2 is 2.44 bits per heavy atom. The van der Waals surface area contributed by atoms with Crippen molar-refractivity contribution in [3.63, 3.8) is 0 Å². The number of amides is 1. The third kappa shape index (κ3) is 2.85. The van der Waals surface area contributed by atoms with Crippen LogP contribution in [-0.4, -0.2) is 54.3 Å². The van der Waals surface area contributed by atoms with Crippen LogP contribution in [0.5, 0.6) is 0 Å². The quantitative estimate of drug-likeness (QED) is 0.807. The second kappa shape index (κ2) is 5.45. The molecule has 2 atom stereocenters. The highest BCUT2D eigenvalue weighted by Crippen LogP contribution is 2.29. The minimum Gasteiger partial charge on any atom is -0.375 e. The van der Waals surface area contributed by atoms with Crippen LogP contribution in [-0.2, 0) is 9.53 Å². The molecule has 0 saturated carbocycles. The molecule has 0 spiro atoms. The fourth-order valence-corrected chi connectivity index (χ4v) is 2.24. The van der Waals surface area contributed by atoms with Gasteiger partial charge in [-0.05, 0) is 20.4 Å². The Morgan fingerprint density at radius 1 is 1.67 bits per heavy atom. The Labute approximate surface area is 105 Å². The summed E-state index contributed by atoms with van der Waals surface area (Å²) in [7, 11) is 3.48. The van der Waals surface area contributed by atoms with Gasteiger partial charge in [0, 0.05) is 19.7 Å². The topological polar surface area (TPSA) is 80.5 Å². The normalized spacial score (nSPS) is 24.4. The van der Waals surface area contributed by atoms with E-state index in [1.807, 2.05) is 7.05 Å². The van der Waals surface area contributed by atoms with E-state index >= 15 is 0 Å². The average Bonchev–Trinajstić information content (AvgIpc) is 2.85. The van der Waals surface area contributed by atoms with E-state index in [0.717, 1.165) is 13.0 Å². The van der Waals surface area contributed by atoms with E-state index in [-0.39, 0.29) is 24.6 Å². The van der Waals surface area contributed by atoms with Gasteiger partial charge in [-0.15, -0.1) is 0 Å². The molecule has 100 valence electrons. The van der Waals surface area contributed by atoms with Gasteiger partial charge in [0.05, 0.1) is 6.04 Å². The van der Waals surface area contributed by atoms with E-state index in [0.29, 0.717) is 11.7 Å². The van der Waals surface area contributed by atoms with Gasteiger partial charge in [0.15, 0.2) is 5.82 Å². The first kappa shape index (κ1) is 13.0. The van der Waals surface area contributed by atoms with Crippen LogP contribution in [0.2, 0.25) is 0 Å². The monoisotopic (exact) mass is 254 g/mol. The lowest BCUT2D eigenvalue weighted by atomic mass is 10.1. The van der Waals surface area contributed by atoms with Crippen molar-refractivity contribution in [1.82, 2.24) is 20.4 Å². The van der Waals surface area contributed by atoms with Crippen molar-refractivity contribution in [2.45, 2.75) is 25.4 Å². The molecular weight excluding hydrogens is 236 g/mol. The molecular formula is C11H18N4O3. The number of aryl methyl sites for hydroxylation is 1. The molecule has 1 N–H and O–H groups in total. The van der Waals surface area contributed by atoms with E-state index in [9.17, 15) is 4.79 Å². The third-order valence-corrected chi connectivity index (χ3v) is 3.02. The second-order valence-corrected chi connectivity index (χ2v) is 4.57. The summed E-state index contributed by atoms with van der Waals surface area (Å²) in [5.74, 6) is 1.14. The number of likely N-dealkylation sites (tertiary alicyclic amines) is 1. The van der Waals surface area contributed by atoms with Gasteiger partial charge in [-0.1, -0.05) is 5.16 Å². The Bertz CT molecular complexity index is 420. The van der Waals surface area contributed by atoms with Crippen LogP contribution in [0.4, 0.5) is 0 Å². The lowest BCUT2D eigenvalue weighted by Crippen LogP contribution is -2.38. The highest BCUT2D eigenvalue weighted by Gasteiger charge is 2.34. The smallest absolute Gasteiger partial charge is 0.246 e. The van der Waals surface area contributed by atoms with Crippen LogP contribution < -0.4 is 5.32 Å². The summed E-state index contributed by atoms with van der Waals surface area (Å²) in [5.41, 5.74) is 0. The first-order valence-electron chi connectivity index (χ1n) is 5.89. The Kier molecular flexibility index (Phi) is 3.93. The number of ether oxygens (including phenoxy) is 1. The van der Waals surface area contributed by atoms with Crippen LogP contribution in [0.15, 0.2) is 4.52 Å². The predicted octanol–water partition coefficient (Wildman–Crippen LogP) is -0.114. The molecule has 0 aromatic carbocycles. The van der Waals surface area contributed by atoms with E-state index < -0.39 is 0 Å². The molecule has 1 aromatic heterocycles. The van der Waals surface area contributed by atoms with Gasteiger partial charge in [-0.25, -0.2) is 0 Å². The van der Waals surface area contributed by atoms with Crippen LogP contribution in [0.1, 0.15) is 24.2 Å². The van der Waals surface area contributed by atoms with Crippen molar-refractivity contribution in [2.75, 3.05) is 27.3 Å². The number of nitrogens with zero attached hydrogens (tertiary/aromatic N) is 3. The minimum atomic E-state index is -0.0988. The maximum Gasteiger partial charge on any atom is 0.246 e. The van der Waals surface area contributed by atoms with E-state index in [4.69, 9.17) is 9.26 Å². The SMILES string of the molecule is COCC(=O)NC1CC(c2nc(C)no2)N(C)C1. The van der Waals surface area contributed by atoms with Gasteiger partial charge >= 0.3 is 0 Å². The zero-order valence-corrected chi connectivity index (χ0v) is 10.8. The molecule has 1 amide bonds. The second-order valence-electron chi connectivity index (χ2n) is 4.57. The third-order valence-electron chi connectivity index (χ3n) is 3.02. The average molecular weight is 254 g/mol. The summed E-state index contributed by atoms with van der Waals surface area (Å²) < 4.78 is 9.97. The predicted molar refractivity (Wildman–Crippen MR) is 62.8 cm³/mol. The first-order chi connectivity index (χ1) is 8.60. The molecule has 18 heavy (non-hydrogen) atoms. The highest BCUT2D eigenvalue weighted by atomic mass is 16.5. The van der Waals surface area contributed by atoms with E-state index in [2.05, 4.69) is 20.4 Å². The lowest BCUT2D eigenvalue weighted by Gasteiger charge is -2.14. The summed E-state index contributed by atoms with van der Waals surface area (Å²) in [6.07, 6.45) is 0.771. The summed E-state index contributed by atoms with van der Waals surface area (Å²) in [4.78, 5) is 17.8. The van der Waals surface area contributed by atoms with Crippen molar-refractivity contribution in [2.24, 2.45) is 0 Å². The van der Waals surface area contributed by atoms with Crippen LogP contribution in [0, 0.1) is 6.92 Å². The van der Waals surface area contributed by atoms with E-state index in [1.54, 1.807) is 6.92 Å². The number of nitrogens with one attached hydrogen (secondary N) is 1. The van der Waals surface area contributed by atoms with Gasteiger partial charge in [-0.2, -0.15) is 4.98 Å². The Balaban J connectivity index is 1.94. The van der Waals surface area contributed by atoms with Crippen LogP contribution in [0.25, 0.3) is 0 Å². The van der Waals surface area contributed by atoms with Crippen molar-refractivity contribution in [3.8, 4) is 0 Å². The number of rotatable bonds is 4. The number of likely N-dealkylation sites (N-methyl/N-ethyl adjacent to an activating group) is 1. The maximum absolute atomic E-state index is 11.4. The van der Waals surface area contributed by atoms with Crippen molar-refractivity contribution in [3.05, 3.63) is 11.7 Å². The summed E-state index contributed by atoms with van der Waals surface area (Å²) >= 11 is 0. The molecule has 1 aliphatic heterocycles. The number of aromatic nitrogens is 2. The first-order valence-corrected chi connectivity index (χ1v) is 5.89. The van der Waals surface area contributed by atoms with Gasteiger partial charge in [-0.3, -0.25) is 9.69 Å². The van der Waals surface area contributed by atoms with Crippen LogP contribution in [0.3, 0.4) is 0 Å². The molecule has 1 fully saturated rings. The van der Waals surface area contributed by atoms with Crippen molar-refractivity contribution >= 4 is 5.91 Å². The highest BCUT2D eigenvalue weighted by molar-refractivity contribution is 5.77. The molecule has 1 saturated heterocycles. The largest absolute Gasteiger partial charge is 0.375 e. The number of carbonyl (C=O) groups excluding carboxylic acids is 1. The summed E-state index contributed by atoms with van der Waals surface area (Å²) in [6, 6.07) is 0.161. The van der Waals surface area contributed by atoms with Gasteiger partial charge in [0.25, 0.3) is 0 Å². The maximum atomic E-state index is 11.4. The molecule has 1 aliphatic rings. The Morgan fingerprint density at radius 3 is 3.06 bits per heavy atom. The standard InChI is InChI=1S/C11H18N4O3/c1-7-12-11(18-14-7)9-4-8(5-15(9)2)13-10(16)6-17-3/h8-9H,4-6H2,1-3H3,(H,13,16). The molecule has 0 radical (unpaired) electrons. The molecule has 7 nitrogen and oxygen atoms in total. The fraction of sp³-hybridized carbons (Fsp3) is 0.727. The molecule has 0 bridgehead atoms. The number of hydrogen-bond donors (Lipinski definition) is 1.